The van der Waals surface area contributed by atoms with Crippen molar-refractivity contribution >= 4 is 33.4 Å². The number of rotatable bonds is 6. The summed E-state index contributed by atoms with van der Waals surface area (Å²) in [5.41, 5.74) is 1.13. The van der Waals surface area contributed by atoms with E-state index in [2.05, 4.69) is 31.7 Å². The van der Waals surface area contributed by atoms with Crippen LogP contribution in [0.3, 0.4) is 0 Å². The highest BCUT2D eigenvalue weighted by Crippen LogP contribution is 2.17. The summed E-state index contributed by atoms with van der Waals surface area (Å²) in [6.07, 6.45) is 1.67. The number of anilines is 1. The lowest BCUT2D eigenvalue weighted by Crippen LogP contribution is -2.28. The Morgan fingerprint density at radius 2 is 2.04 bits per heavy atom. The topological polar surface area (TPSA) is 76.0 Å². The van der Waals surface area contributed by atoms with Crippen LogP contribution >= 0.6 is 15.9 Å². The van der Waals surface area contributed by atoms with E-state index in [4.69, 9.17) is 0 Å². The van der Waals surface area contributed by atoms with Gasteiger partial charge in [-0.2, -0.15) is 5.10 Å². The van der Waals surface area contributed by atoms with Crippen LogP contribution in [-0.2, 0) is 6.54 Å². The molecule has 1 heterocycles. The van der Waals surface area contributed by atoms with Crippen LogP contribution in [0.4, 0.5) is 5.69 Å². The summed E-state index contributed by atoms with van der Waals surface area (Å²) in [7, 11) is 0. The standard InChI is InChI=1S/C17H21BrN4O2/c1-4-22-10-14(15(21-22)17(24)19-9-11(2)3)20-16(23)12-6-5-7-13(18)8-12/h5-8,10-11H,4,9H2,1-3H3,(H,19,24)(H,20,23). The molecule has 1 aromatic heterocycles. The fourth-order valence-corrected chi connectivity index (χ4v) is 2.45. The van der Waals surface area contributed by atoms with Crippen molar-refractivity contribution in [2.45, 2.75) is 27.3 Å². The van der Waals surface area contributed by atoms with Crippen LogP contribution in [0.1, 0.15) is 41.6 Å². The average Bonchev–Trinajstić information content (AvgIpc) is 2.95. The molecular formula is C17H21BrN4O2. The van der Waals surface area contributed by atoms with Gasteiger partial charge in [0.1, 0.15) is 0 Å². The number of amides is 2. The molecule has 0 atom stereocenters. The van der Waals surface area contributed by atoms with Crippen molar-refractivity contribution in [1.82, 2.24) is 15.1 Å². The first kappa shape index (κ1) is 18.2. The van der Waals surface area contributed by atoms with Gasteiger partial charge in [-0.1, -0.05) is 35.8 Å². The molecule has 24 heavy (non-hydrogen) atoms. The van der Waals surface area contributed by atoms with Gasteiger partial charge in [-0.3, -0.25) is 14.3 Å². The van der Waals surface area contributed by atoms with Crippen molar-refractivity contribution in [2.24, 2.45) is 5.92 Å². The van der Waals surface area contributed by atoms with E-state index in [-0.39, 0.29) is 17.5 Å². The van der Waals surface area contributed by atoms with Crippen molar-refractivity contribution < 1.29 is 9.59 Å². The van der Waals surface area contributed by atoms with Crippen molar-refractivity contribution in [3.63, 3.8) is 0 Å². The minimum Gasteiger partial charge on any atom is -0.350 e. The van der Waals surface area contributed by atoms with Gasteiger partial charge in [0.05, 0.1) is 5.69 Å². The average molecular weight is 393 g/mol. The maximum atomic E-state index is 12.4. The van der Waals surface area contributed by atoms with Gasteiger partial charge >= 0.3 is 0 Å². The number of halogens is 1. The van der Waals surface area contributed by atoms with Crippen molar-refractivity contribution in [1.29, 1.82) is 0 Å². The summed E-state index contributed by atoms with van der Waals surface area (Å²) in [6, 6.07) is 7.06. The molecule has 0 fully saturated rings. The number of hydrogen-bond donors (Lipinski definition) is 2. The molecule has 0 spiro atoms. The molecule has 7 heteroatoms. The lowest BCUT2D eigenvalue weighted by Gasteiger charge is -2.08. The maximum Gasteiger partial charge on any atom is 0.273 e. The largest absolute Gasteiger partial charge is 0.350 e. The smallest absolute Gasteiger partial charge is 0.273 e. The molecule has 0 aliphatic carbocycles. The Morgan fingerprint density at radius 1 is 1.29 bits per heavy atom. The third-order valence-corrected chi connectivity index (χ3v) is 3.80. The van der Waals surface area contributed by atoms with Crippen LogP contribution in [0.15, 0.2) is 34.9 Å². The fraction of sp³-hybridized carbons (Fsp3) is 0.353. The number of aromatic nitrogens is 2. The summed E-state index contributed by atoms with van der Waals surface area (Å²) < 4.78 is 2.44. The number of carbonyl (C=O) groups is 2. The highest BCUT2D eigenvalue weighted by molar-refractivity contribution is 9.10. The van der Waals surface area contributed by atoms with Gasteiger partial charge in [-0.25, -0.2) is 0 Å². The first-order valence-corrected chi connectivity index (χ1v) is 8.62. The summed E-state index contributed by atoms with van der Waals surface area (Å²) in [5, 5.41) is 9.85. The molecule has 0 aliphatic rings. The van der Waals surface area contributed by atoms with Crippen molar-refractivity contribution in [3.05, 3.63) is 46.2 Å². The Kier molecular flexibility index (Phi) is 6.14. The summed E-state index contributed by atoms with van der Waals surface area (Å²) in [6.45, 7) is 7.11. The predicted octanol–water partition coefficient (Wildman–Crippen LogP) is 3.30. The van der Waals surface area contributed by atoms with Crippen molar-refractivity contribution in [3.8, 4) is 0 Å². The van der Waals surface area contributed by atoms with E-state index in [9.17, 15) is 9.59 Å². The maximum absolute atomic E-state index is 12.4. The van der Waals surface area contributed by atoms with Gasteiger partial charge < -0.3 is 10.6 Å². The van der Waals surface area contributed by atoms with Crippen LogP contribution < -0.4 is 10.6 Å². The monoisotopic (exact) mass is 392 g/mol. The molecule has 2 aromatic rings. The molecule has 0 unspecified atom stereocenters. The Hall–Kier alpha value is -2.15. The van der Waals surface area contributed by atoms with Gasteiger partial charge in [0.25, 0.3) is 11.8 Å². The quantitative estimate of drug-likeness (QED) is 0.791. The van der Waals surface area contributed by atoms with E-state index in [0.29, 0.717) is 30.3 Å². The van der Waals surface area contributed by atoms with Gasteiger partial charge in [-0.15, -0.1) is 0 Å². The van der Waals surface area contributed by atoms with E-state index in [0.717, 1.165) is 4.47 Å². The Balaban J connectivity index is 2.21. The van der Waals surface area contributed by atoms with E-state index in [1.54, 1.807) is 29.1 Å². The van der Waals surface area contributed by atoms with Crippen LogP contribution in [-0.4, -0.2) is 28.1 Å². The van der Waals surface area contributed by atoms with Crippen molar-refractivity contribution in [2.75, 3.05) is 11.9 Å². The molecule has 1 aromatic carbocycles. The van der Waals surface area contributed by atoms with Gasteiger partial charge in [-0.05, 0) is 31.0 Å². The number of benzene rings is 1. The molecule has 128 valence electrons. The summed E-state index contributed by atoms with van der Waals surface area (Å²) in [4.78, 5) is 24.7. The number of hydrogen-bond acceptors (Lipinski definition) is 3. The molecule has 2 amide bonds. The van der Waals surface area contributed by atoms with Crippen LogP contribution in [0.2, 0.25) is 0 Å². The molecular weight excluding hydrogens is 372 g/mol. The molecule has 0 bridgehead atoms. The first-order valence-electron chi connectivity index (χ1n) is 7.83. The fourth-order valence-electron chi connectivity index (χ4n) is 2.05. The summed E-state index contributed by atoms with van der Waals surface area (Å²) in [5.74, 6) is -0.243. The second-order valence-electron chi connectivity index (χ2n) is 5.82. The minimum absolute atomic E-state index is 0.223. The lowest BCUT2D eigenvalue weighted by molar-refractivity contribution is 0.0944. The molecule has 0 saturated carbocycles. The number of aryl methyl sites for hydroxylation is 1. The highest BCUT2D eigenvalue weighted by atomic mass is 79.9. The second kappa shape index (κ2) is 8.10. The Labute approximate surface area is 149 Å². The predicted molar refractivity (Wildman–Crippen MR) is 97.2 cm³/mol. The zero-order chi connectivity index (χ0) is 17.7. The third kappa shape index (κ3) is 4.67. The molecule has 2 rings (SSSR count). The summed E-state index contributed by atoms with van der Waals surface area (Å²) >= 11 is 3.34. The van der Waals surface area contributed by atoms with Crippen LogP contribution in [0.25, 0.3) is 0 Å². The minimum atomic E-state index is -0.291. The Morgan fingerprint density at radius 3 is 2.67 bits per heavy atom. The zero-order valence-electron chi connectivity index (χ0n) is 14.0. The zero-order valence-corrected chi connectivity index (χ0v) is 15.6. The Bertz CT molecular complexity index is 740. The van der Waals surface area contributed by atoms with Gasteiger partial charge in [0.15, 0.2) is 5.69 Å². The normalized spacial score (nSPS) is 10.7. The van der Waals surface area contributed by atoms with E-state index >= 15 is 0 Å². The van der Waals surface area contributed by atoms with E-state index < -0.39 is 0 Å². The number of nitrogens with one attached hydrogen (secondary N) is 2. The third-order valence-electron chi connectivity index (χ3n) is 3.31. The molecule has 0 aliphatic heterocycles. The number of nitrogens with zero attached hydrogens (tertiary/aromatic N) is 2. The molecule has 0 saturated heterocycles. The van der Waals surface area contributed by atoms with Gasteiger partial charge in [0, 0.05) is 29.3 Å². The van der Waals surface area contributed by atoms with Crippen LogP contribution in [0, 0.1) is 5.92 Å². The number of carbonyl (C=O) groups excluding carboxylic acids is 2. The molecule has 0 radical (unpaired) electrons. The van der Waals surface area contributed by atoms with E-state index in [1.807, 2.05) is 26.8 Å². The SMILES string of the molecule is CCn1cc(NC(=O)c2cccc(Br)c2)c(C(=O)NCC(C)C)n1. The first-order chi connectivity index (χ1) is 11.4. The van der Waals surface area contributed by atoms with Crippen LogP contribution in [0.5, 0.6) is 0 Å². The molecule has 2 N–H and O–H groups in total. The highest BCUT2D eigenvalue weighted by Gasteiger charge is 2.19. The van der Waals surface area contributed by atoms with Gasteiger partial charge in [0.2, 0.25) is 0 Å². The second-order valence-corrected chi connectivity index (χ2v) is 6.73. The van der Waals surface area contributed by atoms with E-state index in [1.165, 1.54) is 0 Å². The lowest BCUT2D eigenvalue weighted by atomic mass is 10.2. The molecule has 6 nitrogen and oxygen atoms in total.